The van der Waals surface area contributed by atoms with Crippen LogP contribution in [0.2, 0.25) is 0 Å². The Labute approximate surface area is 184 Å². The second-order valence-electron chi connectivity index (χ2n) is 8.38. The van der Waals surface area contributed by atoms with Crippen molar-refractivity contribution >= 4 is 22.8 Å². The van der Waals surface area contributed by atoms with Crippen LogP contribution in [-0.4, -0.2) is 34.7 Å². The van der Waals surface area contributed by atoms with E-state index in [0.29, 0.717) is 53.6 Å². The molecule has 2 aromatic carbocycles. The van der Waals surface area contributed by atoms with Crippen LogP contribution in [0.15, 0.2) is 59.6 Å². The maximum Gasteiger partial charge on any atom is 0.422 e. The monoisotopic (exact) mass is 442 g/mol. The summed E-state index contributed by atoms with van der Waals surface area (Å²) in [6, 6.07) is 15.8. The highest BCUT2D eigenvalue weighted by Gasteiger charge is 2.57. The number of aliphatic imine (C=N–C) groups is 1. The molecule has 1 N–H and O–H groups in total. The van der Waals surface area contributed by atoms with Gasteiger partial charge in [0.05, 0.1) is 17.8 Å². The molecule has 0 fully saturated rings. The van der Waals surface area contributed by atoms with Gasteiger partial charge in [-0.3, -0.25) is 9.98 Å². The van der Waals surface area contributed by atoms with Crippen LogP contribution in [-0.2, 0) is 5.41 Å². The highest BCUT2D eigenvalue weighted by atomic mass is 19.4. The number of halogens is 3. The predicted molar refractivity (Wildman–Crippen MR) is 119 cm³/mol. The zero-order valence-corrected chi connectivity index (χ0v) is 18.0. The summed E-state index contributed by atoms with van der Waals surface area (Å²) in [6.45, 7) is 3.98. The quantitative estimate of drug-likeness (QED) is 0.489. The Bertz CT molecular complexity index is 1160. The molecular weight excluding hydrogens is 417 g/mol. The molecule has 0 bridgehead atoms. The fraction of sp³-hybridized carbons (Fsp3) is 0.360. The number of fused-ring (bicyclic) bond motifs is 2. The van der Waals surface area contributed by atoms with Gasteiger partial charge in [0.2, 0.25) is 0 Å². The summed E-state index contributed by atoms with van der Waals surface area (Å²) in [7, 11) is 0. The van der Waals surface area contributed by atoms with Crippen molar-refractivity contribution < 1.29 is 23.0 Å². The number of alkyl halides is 3. The molecule has 0 aliphatic carbocycles. The minimum Gasteiger partial charge on any atom is -0.493 e. The summed E-state index contributed by atoms with van der Waals surface area (Å²) in [5, 5.41) is 11.6. The molecule has 1 aliphatic heterocycles. The van der Waals surface area contributed by atoms with Crippen LogP contribution in [0.4, 0.5) is 18.9 Å². The summed E-state index contributed by atoms with van der Waals surface area (Å²) in [4.78, 5) is 8.52. The molecule has 7 heteroatoms. The van der Waals surface area contributed by atoms with Crippen LogP contribution < -0.4 is 4.74 Å². The van der Waals surface area contributed by atoms with Crippen molar-refractivity contribution in [3.8, 4) is 5.75 Å². The van der Waals surface area contributed by atoms with Gasteiger partial charge in [-0.25, -0.2) is 0 Å². The fourth-order valence-electron chi connectivity index (χ4n) is 4.46. The SMILES string of the molecule is CCC1(CC(O)(C=Nc2cccc3nc(C)ccc23)C(F)(F)F)CCOc2ccccc21. The van der Waals surface area contributed by atoms with Crippen LogP contribution >= 0.6 is 0 Å². The first-order valence-corrected chi connectivity index (χ1v) is 10.6. The van der Waals surface area contributed by atoms with Crippen LogP contribution in [0.5, 0.6) is 5.75 Å². The van der Waals surface area contributed by atoms with E-state index in [2.05, 4.69) is 9.98 Å². The van der Waals surface area contributed by atoms with E-state index in [9.17, 15) is 18.3 Å². The number of aryl methyl sites for hydroxylation is 1. The third-order valence-electron chi connectivity index (χ3n) is 6.34. The van der Waals surface area contributed by atoms with Gasteiger partial charge in [-0.1, -0.05) is 31.2 Å². The molecule has 1 aromatic heterocycles. The number of hydrogen-bond acceptors (Lipinski definition) is 4. The number of aromatic nitrogens is 1. The van der Waals surface area contributed by atoms with Crippen molar-refractivity contribution in [2.75, 3.05) is 6.61 Å². The zero-order valence-electron chi connectivity index (χ0n) is 18.0. The minimum atomic E-state index is -4.90. The van der Waals surface area contributed by atoms with Crippen LogP contribution in [0.3, 0.4) is 0 Å². The topological polar surface area (TPSA) is 54.7 Å². The van der Waals surface area contributed by atoms with Gasteiger partial charge in [-0.05, 0) is 50.1 Å². The van der Waals surface area contributed by atoms with Crippen molar-refractivity contribution in [1.82, 2.24) is 4.98 Å². The number of benzene rings is 2. The molecule has 0 radical (unpaired) electrons. The van der Waals surface area contributed by atoms with Gasteiger partial charge >= 0.3 is 6.18 Å². The molecule has 2 atom stereocenters. The van der Waals surface area contributed by atoms with Crippen molar-refractivity contribution in [2.45, 2.75) is 50.3 Å². The van der Waals surface area contributed by atoms with E-state index < -0.39 is 23.6 Å². The lowest BCUT2D eigenvalue weighted by molar-refractivity contribution is -0.236. The molecule has 168 valence electrons. The summed E-state index contributed by atoms with van der Waals surface area (Å²) < 4.78 is 48.3. The fourth-order valence-corrected chi connectivity index (χ4v) is 4.46. The van der Waals surface area contributed by atoms with Crippen molar-refractivity contribution in [3.63, 3.8) is 0 Å². The lowest BCUT2D eigenvalue weighted by atomic mass is 9.67. The highest BCUT2D eigenvalue weighted by Crippen LogP contribution is 2.49. The number of nitrogens with zero attached hydrogens (tertiary/aromatic N) is 2. The van der Waals surface area contributed by atoms with Gasteiger partial charge in [0.25, 0.3) is 0 Å². The van der Waals surface area contributed by atoms with Crippen molar-refractivity contribution in [2.24, 2.45) is 4.99 Å². The Morgan fingerprint density at radius 1 is 1.12 bits per heavy atom. The number of ether oxygens (including phenoxy) is 1. The molecular formula is C25H25F3N2O2. The minimum absolute atomic E-state index is 0.296. The zero-order chi connectivity index (χ0) is 23.0. The average molecular weight is 442 g/mol. The Kier molecular flexibility index (Phi) is 5.71. The van der Waals surface area contributed by atoms with Gasteiger partial charge in [0.15, 0.2) is 5.60 Å². The summed E-state index contributed by atoms with van der Waals surface area (Å²) in [5.41, 5.74) is -1.53. The normalized spacial score (nSPS) is 20.7. The number of aliphatic hydroxyl groups is 1. The van der Waals surface area contributed by atoms with Gasteiger partial charge in [-0.2, -0.15) is 13.2 Å². The second-order valence-corrected chi connectivity index (χ2v) is 8.38. The molecule has 4 rings (SSSR count). The Morgan fingerprint density at radius 2 is 1.91 bits per heavy atom. The highest BCUT2D eigenvalue weighted by molar-refractivity contribution is 5.92. The van der Waals surface area contributed by atoms with Gasteiger partial charge in [0, 0.05) is 34.7 Å². The first-order chi connectivity index (χ1) is 15.2. The molecule has 32 heavy (non-hydrogen) atoms. The number of para-hydroxylation sites is 1. The van der Waals surface area contributed by atoms with Crippen LogP contribution in [0.25, 0.3) is 10.9 Å². The number of rotatable bonds is 5. The van der Waals surface area contributed by atoms with E-state index >= 15 is 0 Å². The van der Waals surface area contributed by atoms with Gasteiger partial charge in [-0.15, -0.1) is 0 Å². The number of pyridine rings is 1. The van der Waals surface area contributed by atoms with E-state index in [-0.39, 0.29) is 0 Å². The van der Waals surface area contributed by atoms with E-state index in [1.807, 2.05) is 13.8 Å². The molecule has 0 saturated heterocycles. The maximum absolute atomic E-state index is 14.2. The van der Waals surface area contributed by atoms with Gasteiger partial charge < -0.3 is 9.84 Å². The predicted octanol–water partition coefficient (Wildman–Crippen LogP) is 6.06. The lowest BCUT2D eigenvalue weighted by Crippen LogP contribution is -2.52. The van der Waals surface area contributed by atoms with E-state index in [1.165, 1.54) is 0 Å². The molecule has 2 unspecified atom stereocenters. The van der Waals surface area contributed by atoms with Gasteiger partial charge in [0.1, 0.15) is 5.75 Å². The largest absolute Gasteiger partial charge is 0.493 e. The second kappa shape index (κ2) is 8.20. The average Bonchev–Trinajstić information content (AvgIpc) is 2.77. The van der Waals surface area contributed by atoms with Crippen LogP contribution in [0, 0.1) is 6.92 Å². The third-order valence-corrected chi connectivity index (χ3v) is 6.34. The first kappa shape index (κ1) is 22.3. The van der Waals surface area contributed by atoms with E-state index in [0.717, 1.165) is 5.69 Å². The molecule has 0 spiro atoms. The summed E-state index contributed by atoms with van der Waals surface area (Å²) >= 11 is 0. The Hall–Kier alpha value is -2.93. The maximum atomic E-state index is 14.2. The first-order valence-electron chi connectivity index (χ1n) is 10.6. The smallest absolute Gasteiger partial charge is 0.422 e. The lowest BCUT2D eigenvalue weighted by Gasteiger charge is -2.43. The molecule has 3 aromatic rings. The van der Waals surface area contributed by atoms with E-state index in [1.54, 1.807) is 54.6 Å². The third kappa shape index (κ3) is 3.97. The molecule has 2 heterocycles. The Balaban J connectivity index is 1.76. The summed E-state index contributed by atoms with van der Waals surface area (Å²) in [6.07, 6.45) is -3.98. The Morgan fingerprint density at radius 3 is 2.66 bits per heavy atom. The summed E-state index contributed by atoms with van der Waals surface area (Å²) in [5.74, 6) is 0.567. The van der Waals surface area contributed by atoms with Crippen molar-refractivity contribution in [1.29, 1.82) is 0 Å². The van der Waals surface area contributed by atoms with Crippen molar-refractivity contribution in [3.05, 3.63) is 65.9 Å². The molecule has 0 saturated carbocycles. The number of hydrogen-bond donors (Lipinski definition) is 1. The van der Waals surface area contributed by atoms with Crippen LogP contribution in [0.1, 0.15) is 37.4 Å². The molecule has 0 amide bonds. The van der Waals surface area contributed by atoms with E-state index in [4.69, 9.17) is 4.74 Å². The molecule has 1 aliphatic rings. The standard InChI is InChI=1S/C25H25F3N2O2/c1-3-23(13-14-32-22-10-5-4-7-19(22)23)15-24(31,25(26,27)28)16-29-20-8-6-9-21-18(20)12-11-17(2)30-21/h4-12,16,31H,3,13-15H2,1-2H3. The molecule has 4 nitrogen and oxygen atoms in total.